The highest BCUT2D eigenvalue weighted by atomic mass is 33.1. The van der Waals surface area contributed by atoms with Gasteiger partial charge < -0.3 is 117 Å². The number of para-hydroxylation sites is 3. The van der Waals surface area contributed by atoms with Crippen LogP contribution in [0.25, 0.3) is 32.7 Å². The molecule has 1 aliphatic rings. The van der Waals surface area contributed by atoms with Crippen LogP contribution in [0.3, 0.4) is 0 Å². The second kappa shape index (κ2) is 44.5. The van der Waals surface area contributed by atoms with Crippen LogP contribution in [0.1, 0.15) is 102 Å². The molecular formula is C78H103N23O17S2. The molecule has 5 heterocycles. The van der Waals surface area contributed by atoms with Gasteiger partial charge in [0.05, 0.1) is 25.0 Å². The quantitative estimate of drug-likeness (QED) is 0.0117. The lowest BCUT2D eigenvalue weighted by molar-refractivity contribution is -0.141. The number of carboxylic acid groups (broad SMARTS) is 1. The van der Waals surface area contributed by atoms with Gasteiger partial charge in [0.15, 0.2) is 5.96 Å². The molecule has 0 aliphatic carbocycles. The Bertz CT molecular complexity index is 4880. The van der Waals surface area contributed by atoms with Gasteiger partial charge in [0.25, 0.3) is 0 Å². The number of nitrogens with zero attached hydrogens (tertiary/aromatic N) is 1. The molecule has 15 amide bonds. The third kappa shape index (κ3) is 27.3. The summed E-state index contributed by atoms with van der Waals surface area (Å²) in [6.45, 7) is 8.06. The van der Waals surface area contributed by atoms with Crippen LogP contribution >= 0.6 is 21.6 Å². The van der Waals surface area contributed by atoms with Crippen LogP contribution in [0, 0.1) is 17.2 Å². The van der Waals surface area contributed by atoms with Crippen molar-refractivity contribution in [3.63, 3.8) is 0 Å². The number of rotatable bonds is 26. The Morgan fingerprint density at radius 2 is 1.09 bits per heavy atom. The fourth-order valence-electron chi connectivity index (χ4n) is 13.2. The Kier molecular flexibility index (Phi) is 34.3. The number of aromatic nitrogens is 5. The Hall–Kier alpha value is -13.0. The molecule has 3 aromatic carbocycles. The van der Waals surface area contributed by atoms with Gasteiger partial charge in [0.2, 0.25) is 88.6 Å². The van der Waals surface area contributed by atoms with Gasteiger partial charge in [-0.1, -0.05) is 110 Å². The maximum atomic E-state index is 15.2. The number of carbonyl (C=O) groups excluding carboxylic acids is 15. The predicted octanol–water partition coefficient (Wildman–Crippen LogP) is -2.32. The smallest absolute Gasteiger partial charge is 0.305 e. The van der Waals surface area contributed by atoms with E-state index in [0.29, 0.717) is 55.8 Å². The number of carbonyl (C=O) groups is 16. The zero-order chi connectivity index (χ0) is 87.4. The third-order valence-electron chi connectivity index (χ3n) is 19.9. The lowest BCUT2D eigenvalue weighted by Crippen LogP contribution is -2.61. The molecule has 1 fully saturated rings. The van der Waals surface area contributed by atoms with E-state index in [0.717, 1.165) is 21.6 Å². The number of nitrogens with one attached hydrogen (secondary N) is 19. The summed E-state index contributed by atoms with van der Waals surface area (Å²) in [5, 5.41) is 56.0. The molecule has 0 bridgehead atoms. The Morgan fingerprint density at radius 1 is 0.583 bits per heavy atom. The number of primary amides is 2. The highest BCUT2D eigenvalue weighted by molar-refractivity contribution is 8.76. The fourth-order valence-corrected chi connectivity index (χ4v) is 15.5. The topological polar surface area (TPSA) is 640 Å². The van der Waals surface area contributed by atoms with E-state index in [4.69, 9.17) is 22.6 Å². The lowest BCUT2D eigenvalue weighted by Gasteiger charge is -2.29. The third-order valence-corrected chi connectivity index (χ3v) is 22.3. The van der Waals surface area contributed by atoms with Crippen molar-refractivity contribution in [3.8, 4) is 0 Å². The van der Waals surface area contributed by atoms with Crippen molar-refractivity contribution < 1.29 is 81.8 Å². The van der Waals surface area contributed by atoms with Crippen molar-refractivity contribution in [2.45, 2.75) is 178 Å². The molecule has 8 rings (SSSR count). The van der Waals surface area contributed by atoms with E-state index in [-0.39, 0.29) is 50.8 Å². The van der Waals surface area contributed by atoms with Crippen LogP contribution in [0.2, 0.25) is 0 Å². The highest BCUT2D eigenvalue weighted by Crippen LogP contribution is 2.27. The Labute approximate surface area is 696 Å². The summed E-state index contributed by atoms with van der Waals surface area (Å²) in [6, 6.07) is 1.36. The highest BCUT2D eigenvalue weighted by Gasteiger charge is 2.39. The van der Waals surface area contributed by atoms with E-state index < -0.39 is 222 Å². The SMILES string of the molecule is CC[C@H](C)[C@H](NC(C)=O)C(=O)N[C@H]1CSSC[C@@H](C(=O)N[C@@H](Cc2c[nH]c3ccccc23)C(N)=O)NC(=O)[C@H](CCCNC(=N)N)NC(=O)[C@H](Cc2c[nH]cn2)NC(=O)[C@H](C)NC(=O)CNC(=O)[C@H](Cc2c[nH]c3ccccc23)NC(=O)[C@H](CC(=O)O)NC(=O)[C@H](CCC(N)=O)NC(=O)[C@H](Cc2c[nH]c3ccccc23)NC(=O)[C@H](C(C)C)NC1=O. The second-order valence-electron chi connectivity index (χ2n) is 29.4. The van der Waals surface area contributed by atoms with Gasteiger partial charge in [-0.25, -0.2) is 4.98 Å². The summed E-state index contributed by atoms with van der Waals surface area (Å²) in [7, 11) is 1.74. The molecule has 7 aromatic rings. The van der Waals surface area contributed by atoms with Crippen molar-refractivity contribution in [1.29, 1.82) is 5.41 Å². The largest absolute Gasteiger partial charge is 0.481 e. The number of fused-ring (bicyclic) bond motifs is 3. The lowest BCUT2D eigenvalue weighted by atomic mass is 9.97. The second-order valence-corrected chi connectivity index (χ2v) is 31.9. The molecular weight excluding hydrogens is 1600 g/mol. The van der Waals surface area contributed by atoms with Crippen LogP contribution in [0.5, 0.6) is 0 Å². The zero-order valence-corrected chi connectivity index (χ0v) is 68.4. The fraction of sp³-hybridized carbons (Fsp3) is 0.436. The summed E-state index contributed by atoms with van der Waals surface area (Å²) >= 11 is 0. The molecule has 1 saturated heterocycles. The number of benzene rings is 3. The van der Waals surface area contributed by atoms with Crippen molar-refractivity contribution in [2.24, 2.45) is 29.0 Å². The number of carboxylic acids is 1. The summed E-state index contributed by atoms with van der Waals surface area (Å²) in [5.41, 5.74) is 20.8. The molecule has 1 aliphatic heterocycles. The zero-order valence-electron chi connectivity index (χ0n) is 66.8. The number of aliphatic carboxylic acids is 1. The predicted molar refractivity (Wildman–Crippen MR) is 444 cm³/mol. The normalized spacial score (nSPS) is 21.8. The number of hydrogen-bond acceptors (Lipinski definition) is 20. The minimum Gasteiger partial charge on any atom is -0.481 e. The van der Waals surface area contributed by atoms with Crippen molar-refractivity contribution in [1.82, 2.24) is 99.4 Å². The maximum absolute atomic E-state index is 15.2. The van der Waals surface area contributed by atoms with Crippen LogP contribution < -0.4 is 91.6 Å². The summed E-state index contributed by atoms with van der Waals surface area (Å²) in [6.07, 6.45) is 4.04. The van der Waals surface area contributed by atoms with Gasteiger partial charge in [0, 0.05) is 115 Å². The van der Waals surface area contributed by atoms with Gasteiger partial charge in [0.1, 0.15) is 72.5 Å². The molecule has 42 heteroatoms. The molecule has 0 saturated carbocycles. The number of guanidine groups is 1. The van der Waals surface area contributed by atoms with Crippen molar-refractivity contribution in [3.05, 3.63) is 126 Å². The summed E-state index contributed by atoms with van der Waals surface area (Å²) in [5.74, 6) is -19.3. The number of aromatic amines is 4. The number of imidazole rings is 1. The summed E-state index contributed by atoms with van der Waals surface area (Å²) < 4.78 is 0. The van der Waals surface area contributed by atoms with Crippen molar-refractivity contribution >= 4 is 155 Å². The van der Waals surface area contributed by atoms with Gasteiger partial charge in [-0.3, -0.25) is 82.1 Å². The van der Waals surface area contributed by atoms with Crippen LogP contribution in [-0.4, -0.2) is 228 Å². The Morgan fingerprint density at radius 3 is 1.64 bits per heavy atom. The maximum Gasteiger partial charge on any atom is 0.305 e. The van der Waals surface area contributed by atoms with Crippen molar-refractivity contribution in [2.75, 3.05) is 24.6 Å². The molecule has 26 N–H and O–H groups in total. The molecule has 0 spiro atoms. The van der Waals surface area contributed by atoms with Crippen LogP contribution in [-0.2, 0) is 102 Å². The molecule has 4 aromatic heterocycles. The first-order valence-corrected chi connectivity index (χ1v) is 41.3. The molecule has 13 atom stereocenters. The van der Waals surface area contributed by atoms with E-state index in [2.05, 4.69) is 99.4 Å². The minimum absolute atomic E-state index is 0.0126. The first kappa shape index (κ1) is 92.5. The van der Waals surface area contributed by atoms with Gasteiger partial charge in [-0.15, -0.1) is 0 Å². The van der Waals surface area contributed by atoms with Gasteiger partial charge in [-0.2, -0.15) is 0 Å². The van der Waals surface area contributed by atoms with Gasteiger partial charge in [-0.05, 0) is 72.9 Å². The standard InChI is InChI=1S/C78H103N23O17S2/c1-7-39(4)65(91-41(6)102)77(118)100-60-36-120-119-35-59(74(115)94-54(66(80)107)25-42-30-85-49-18-11-8-15-46(42)49)99-69(110)52(21-14-24-84-78(81)82)92-72(113)57(28-45-33-83-37-89-45)95-67(108)40(5)90-62(104)34-88-68(109)55(26-43-31-86-50-19-12-9-16-47(43)50)96-73(114)58(29-63(105)106)97-70(111)53(22-23-61(79)103)93-71(112)56(98-76(117)64(38(2)3)101-75(60)116)27-44-32-87-51-20-13-10-17-48(44)51/h8-13,15-20,30-33,37-40,52-60,64-65,85-87H,7,14,21-29,34-36H2,1-6H3,(H2,79,103)(H2,80,107)(H,83,89)(H,88,109)(H,90,104)(H,91,102)(H,92,113)(H,93,112)(H,94,115)(H,95,108)(H,96,114)(H,97,111)(H,98,117)(H,99,110)(H,100,118)(H,101,116)(H,105,106)(H4,81,82,84)/t39-,40-,52-,53-,54-,55-,56-,57-,58-,59-,60-,64-,65-/m0/s1. The number of hydrogen-bond donors (Lipinski definition) is 23. The Balaban J connectivity index is 1.20. The van der Waals surface area contributed by atoms with E-state index in [9.17, 15) is 62.6 Å². The first-order valence-electron chi connectivity index (χ1n) is 38.8. The van der Waals surface area contributed by atoms with E-state index in [1.807, 2.05) is 0 Å². The van der Waals surface area contributed by atoms with Crippen LogP contribution in [0.4, 0.5) is 0 Å². The first-order chi connectivity index (χ1) is 57.2. The molecule has 120 heavy (non-hydrogen) atoms. The van der Waals surface area contributed by atoms with E-state index in [1.54, 1.807) is 113 Å². The van der Waals surface area contributed by atoms with Crippen LogP contribution in [0.15, 0.2) is 104 Å². The molecule has 0 unspecified atom stereocenters. The minimum atomic E-state index is -2.06. The average molecular weight is 1700 g/mol. The monoisotopic (exact) mass is 1700 g/mol. The van der Waals surface area contributed by atoms with Gasteiger partial charge >= 0.3 is 5.97 Å². The van der Waals surface area contributed by atoms with E-state index in [1.165, 1.54) is 32.6 Å². The molecule has 40 nitrogen and oxygen atoms in total. The number of H-pyrrole nitrogens is 4. The molecule has 0 radical (unpaired) electrons. The number of nitrogens with two attached hydrogens (primary N) is 3. The number of amides is 15. The summed E-state index contributed by atoms with van der Waals surface area (Å²) in [4.78, 5) is 245. The van der Waals surface area contributed by atoms with E-state index >= 15 is 19.2 Å². The molecule has 644 valence electrons. The average Bonchev–Trinajstić information content (AvgIpc) is 1.63.